The highest BCUT2D eigenvalue weighted by Crippen LogP contribution is 2.60. The molecule has 7 rings (SSSR count). The number of rotatable bonds is 11. The number of aromatic nitrogens is 3. The first-order chi connectivity index (χ1) is 25.0. The zero-order valence-corrected chi connectivity index (χ0v) is 31.1. The molecule has 3 heterocycles. The zero-order valence-electron chi connectivity index (χ0n) is 29.3. The van der Waals surface area contributed by atoms with Crippen molar-refractivity contribution in [3.05, 3.63) is 142 Å². The number of aliphatic hydroxyl groups excluding tert-OH is 1. The maximum Gasteiger partial charge on any atom is 0.264 e. The number of fused-ring (bicyclic) bond motifs is 2. The number of ether oxygens (including phenoxy) is 1. The number of benzene rings is 4. The number of carbonyl (C=O) groups excluding carboxylic acids is 2. The van der Waals surface area contributed by atoms with Crippen LogP contribution in [0.5, 0.6) is 0 Å². The lowest BCUT2D eigenvalue weighted by atomic mass is 9.82. The van der Waals surface area contributed by atoms with Crippen molar-refractivity contribution in [2.75, 3.05) is 16.8 Å². The van der Waals surface area contributed by atoms with Gasteiger partial charge in [-0.1, -0.05) is 84.4 Å². The van der Waals surface area contributed by atoms with Crippen molar-refractivity contribution >= 4 is 43.1 Å². The van der Waals surface area contributed by atoms with Gasteiger partial charge in [-0.05, 0) is 73.1 Å². The van der Waals surface area contributed by atoms with Gasteiger partial charge in [0.25, 0.3) is 11.8 Å². The van der Waals surface area contributed by atoms with E-state index in [1.165, 1.54) is 0 Å². The second kappa shape index (κ2) is 14.4. The third-order valence-corrected chi connectivity index (χ3v) is 13.2. The third kappa shape index (κ3) is 6.70. The van der Waals surface area contributed by atoms with E-state index in [1.54, 1.807) is 27.8 Å². The molecule has 2 amide bonds. The number of carbonyl (C=O) groups is 2. The molecule has 5 atom stereocenters. The van der Waals surface area contributed by atoms with Crippen molar-refractivity contribution < 1.29 is 24.2 Å². The Morgan fingerprint density at radius 3 is 2.38 bits per heavy atom. The Hall–Kier alpha value is -4.65. The first kappa shape index (κ1) is 35.7. The van der Waals surface area contributed by atoms with Crippen LogP contribution in [0.15, 0.2) is 109 Å². The summed E-state index contributed by atoms with van der Waals surface area (Å²) in [5.74, 6) is -1.04. The van der Waals surface area contributed by atoms with Crippen LogP contribution in [0, 0.1) is 5.92 Å². The summed E-state index contributed by atoms with van der Waals surface area (Å²) in [5.41, 5.74) is 3.51. The number of anilines is 2. The summed E-state index contributed by atoms with van der Waals surface area (Å²) in [5, 5.41) is 22.3. The van der Waals surface area contributed by atoms with Gasteiger partial charge in [0.1, 0.15) is 0 Å². The molecule has 0 saturated carbocycles. The molecule has 268 valence electrons. The number of hydrogen-bond acceptors (Lipinski definition) is 7. The second-order valence-corrected chi connectivity index (χ2v) is 18.7. The van der Waals surface area contributed by atoms with Gasteiger partial charge in [0.15, 0.2) is 13.9 Å². The van der Waals surface area contributed by atoms with Gasteiger partial charge < -0.3 is 24.9 Å². The van der Waals surface area contributed by atoms with Gasteiger partial charge in [0, 0.05) is 46.0 Å². The van der Waals surface area contributed by atoms with E-state index >= 15 is 0 Å². The van der Waals surface area contributed by atoms with Crippen LogP contribution in [0.3, 0.4) is 0 Å². The Labute approximate surface area is 309 Å². The van der Waals surface area contributed by atoms with E-state index in [-0.39, 0.29) is 42.3 Å². The molecule has 5 aromatic rings. The summed E-state index contributed by atoms with van der Waals surface area (Å²) in [7, 11) is -2.89. The maximum atomic E-state index is 14.8. The van der Waals surface area contributed by atoms with Crippen LogP contribution >= 0.6 is 11.6 Å². The minimum atomic E-state index is -2.89. The Kier molecular flexibility index (Phi) is 9.90. The number of amides is 2. The molecular weight excluding hydrogens is 694 g/mol. The van der Waals surface area contributed by atoms with Gasteiger partial charge in [-0.25, -0.2) is 0 Å². The maximum absolute atomic E-state index is 14.8. The van der Waals surface area contributed by atoms with E-state index < -0.39 is 20.0 Å². The SMILES string of the molecule is C[C@H]1[C@H]([Si](C)(C)O)[C@@H](CCn2cc(C(CO)c3ccccc3)nn2)O[C@]12C(=O)N(Cc1ccc(NC(=O)c3ccccc3)cc1)c1ccc(Cl)cc12. The largest absolute Gasteiger partial charge is 0.432 e. The topological polar surface area (TPSA) is 130 Å². The molecule has 1 saturated heterocycles. The van der Waals surface area contributed by atoms with Crippen LogP contribution in [0.25, 0.3) is 0 Å². The van der Waals surface area contributed by atoms with Gasteiger partial charge in [-0.3, -0.25) is 14.3 Å². The molecule has 1 aromatic heterocycles. The van der Waals surface area contributed by atoms with E-state index in [0.29, 0.717) is 40.5 Å². The lowest BCUT2D eigenvalue weighted by Gasteiger charge is -2.32. The van der Waals surface area contributed by atoms with Crippen LogP contribution in [-0.2, 0) is 28.2 Å². The molecule has 0 bridgehead atoms. The summed E-state index contributed by atoms with van der Waals surface area (Å²) in [4.78, 5) is 40.9. The Bertz CT molecular complexity index is 2060. The van der Waals surface area contributed by atoms with Crippen LogP contribution in [-0.4, -0.2) is 57.7 Å². The number of aryl methyl sites for hydroxylation is 1. The zero-order chi connectivity index (χ0) is 36.6. The molecule has 2 aliphatic rings. The predicted molar refractivity (Wildman–Crippen MR) is 203 cm³/mol. The number of halogens is 1. The first-order valence-electron chi connectivity index (χ1n) is 17.5. The molecule has 4 aromatic carbocycles. The summed E-state index contributed by atoms with van der Waals surface area (Å²) < 4.78 is 8.71. The minimum Gasteiger partial charge on any atom is -0.432 e. The fourth-order valence-corrected chi connectivity index (χ4v) is 10.8. The van der Waals surface area contributed by atoms with E-state index in [1.807, 2.05) is 111 Å². The quantitative estimate of drug-likeness (QED) is 0.128. The fourth-order valence-electron chi connectivity index (χ4n) is 8.04. The molecule has 1 spiro atoms. The van der Waals surface area contributed by atoms with Crippen molar-refractivity contribution in [2.24, 2.45) is 5.92 Å². The Morgan fingerprint density at radius 2 is 1.71 bits per heavy atom. The third-order valence-electron chi connectivity index (χ3n) is 10.5. The van der Waals surface area contributed by atoms with Crippen molar-refractivity contribution in [3.63, 3.8) is 0 Å². The average Bonchev–Trinajstić information content (AvgIpc) is 3.79. The van der Waals surface area contributed by atoms with Gasteiger partial charge in [0.05, 0.1) is 36.6 Å². The van der Waals surface area contributed by atoms with Crippen molar-refractivity contribution in [1.29, 1.82) is 0 Å². The van der Waals surface area contributed by atoms with Crippen LogP contribution in [0.1, 0.15) is 52.0 Å². The summed E-state index contributed by atoms with van der Waals surface area (Å²) >= 11 is 6.58. The van der Waals surface area contributed by atoms with Gasteiger partial charge in [-0.2, -0.15) is 0 Å². The van der Waals surface area contributed by atoms with Crippen molar-refractivity contribution in [1.82, 2.24) is 15.0 Å². The van der Waals surface area contributed by atoms with Gasteiger partial charge in [0.2, 0.25) is 0 Å². The number of nitrogens with one attached hydrogen (secondary N) is 1. The molecule has 2 aliphatic heterocycles. The highest BCUT2D eigenvalue weighted by atomic mass is 35.5. The predicted octanol–water partition coefficient (Wildman–Crippen LogP) is 6.74. The standard InChI is InChI=1S/C40H42ClN5O5Si/c1-26-37(52(2,3)50)36(20-21-45-24-34(43-44-45)32(25-47)28-10-6-4-7-11-28)51-40(26)33-22-30(41)16-19-35(33)46(39(40)49)23-27-14-17-31(18-15-27)42-38(48)29-12-8-5-9-13-29/h4-19,22,24,26,32,36-37,47,50H,20-21,23,25H2,1-3H3,(H,42,48)/t26-,32?,36+,37-,40+/m0/s1. The average molecular weight is 736 g/mol. The smallest absolute Gasteiger partial charge is 0.264 e. The molecular formula is C40H42ClN5O5Si. The van der Waals surface area contributed by atoms with Crippen molar-refractivity contribution in [2.45, 2.75) is 62.7 Å². The summed E-state index contributed by atoms with van der Waals surface area (Å²) in [6.45, 7) is 6.43. The highest BCUT2D eigenvalue weighted by molar-refractivity contribution is 6.71. The van der Waals surface area contributed by atoms with E-state index in [9.17, 15) is 19.5 Å². The molecule has 12 heteroatoms. The lowest BCUT2D eigenvalue weighted by Crippen LogP contribution is -2.46. The molecule has 3 N–H and O–H groups in total. The molecule has 0 radical (unpaired) electrons. The van der Waals surface area contributed by atoms with Crippen LogP contribution in [0.2, 0.25) is 23.7 Å². The van der Waals surface area contributed by atoms with Gasteiger partial charge >= 0.3 is 0 Å². The van der Waals surface area contributed by atoms with E-state index in [0.717, 1.165) is 16.8 Å². The molecule has 1 fully saturated rings. The second-order valence-electron chi connectivity index (χ2n) is 14.3. The summed E-state index contributed by atoms with van der Waals surface area (Å²) in [6, 6.07) is 31.6. The van der Waals surface area contributed by atoms with Crippen LogP contribution in [0.4, 0.5) is 11.4 Å². The molecule has 10 nitrogen and oxygen atoms in total. The van der Waals surface area contributed by atoms with E-state index in [4.69, 9.17) is 16.3 Å². The molecule has 1 unspecified atom stereocenters. The summed E-state index contributed by atoms with van der Waals surface area (Å²) in [6.07, 6.45) is 1.89. The van der Waals surface area contributed by atoms with Crippen LogP contribution < -0.4 is 10.2 Å². The number of aliphatic hydroxyl groups is 1. The first-order valence-corrected chi connectivity index (χ1v) is 20.9. The highest BCUT2D eigenvalue weighted by Gasteiger charge is 2.66. The van der Waals surface area contributed by atoms with E-state index in [2.05, 4.69) is 15.6 Å². The Morgan fingerprint density at radius 1 is 1.02 bits per heavy atom. The monoisotopic (exact) mass is 735 g/mol. The minimum absolute atomic E-state index is 0.101. The number of hydrogen-bond donors (Lipinski definition) is 3. The fraction of sp³-hybridized carbons (Fsp3) is 0.300. The normalized spacial score (nSPS) is 21.8. The molecule has 52 heavy (non-hydrogen) atoms. The van der Waals surface area contributed by atoms with Gasteiger partial charge in [-0.15, -0.1) is 5.10 Å². The number of nitrogens with zero attached hydrogens (tertiary/aromatic N) is 4. The van der Waals surface area contributed by atoms with Crippen molar-refractivity contribution in [3.8, 4) is 0 Å². The Balaban J connectivity index is 1.13. The molecule has 0 aliphatic carbocycles. The lowest BCUT2D eigenvalue weighted by molar-refractivity contribution is -0.146.